The smallest absolute Gasteiger partial charge is 0.371 e. The molecule has 1 saturated heterocycles. The highest BCUT2D eigenvalue weighted by molar-refractivity contribution is 5.84. The van der Waals surface area contributed by atoms with Gasteiger partial charge in [0.2, 0.25) is 5.76 Å². The van der Waals surface area contributed by atoms with E-state index in [1.165, 1.54) is 6.07 Å². The van der Waals surface area contributed by atoms with Gasteiger partial charge in [0.15, 0.2) is 0 Å². The third kappa shape index (κ3) is 4.05. The summed E-state index contributed by atoms with van der Waals surface area (Å²) in [5.74, 6) is -0.351. The molecule has 0 spiro atoms. The summed E-state index contributed by atoms with van der Waals surface area (Å²) in [7, 11) is 0. The van der Waals surface area contributed by atoms with Gasteiger partial charge in [0.05, 0.1) is 13.2 Å². The molecule has 0 aromatic carbocycles. The highest BCUT2D eigenvalue weighted by Gasteiger charge is 2.16. The standard InChI is InChI=1S/C13H20N2O4/c16-9-8-14-4-1-5-15(7-6-14)10-11-2-3-12(19-11)13(17)18/h2-3,16H,1,4-10H2,(H,17,18). The second-order valence-electron chi connectivity index (χ2n) is 4.77. The van der Waals surface area contributed by atoms with E-state index in [9.17, 15) is 4.79 Å². The van der Waals surface area contributed by atoms with E-state index >= 15 is 0 Å². The third-order valence-corrected chi connectivity index (χ3v) is 3.35. The minimum atomic E-state index is -1.03. The molecule has 2 N–H and O–H groups in total. The lowest BCUT2D eigenvalue weighted by Crippen LogP contribution is -2.32. The minimum absolute atomic E-state index is 0.00766. The molecule has 19 heavy (non-hydrogen) atoms. The Labute approximate surface area is 112 Å². The van der Waals surface area contributed by atoms with E-state index in [0.717, 1.165) is 39.1 Å². The van der Waals surface area contributed by atoms with Crippen LogP contribution in [-0.2, 0) is 6.54 Å². The molecule has 106 valence electrons. The number of aromatic carboxylic acids is 1. The molecule has 0 saturated carbocycles. The number of nitrogens with zero attached hydrogens (tertiary/aromatic N) is 2. The van der Waals surface area contributed by atoms with E-state index in [1.807, 2.05) is 0 Å². The fraction of sp³-hybridized carbons (Fsp3) is 0.615. The van der Waals surface area contributed by atoms with Crippen molar-refractivity contribution in [3.63, 3.8) is 0 Å². The summed E-state index contributed by atoms with van der Waals surface area (Å²) in [6, 6.07) is 3.22. The summed E-state index contributed by atoms with van der Waals surface area (Å²) in [5.41, 5.74) is 0. The van der Waals surface area contributed by atoms with Crippen LogP contribution in [0.4, 0.5) is 0 Å². The Kier molecular flexibility index (Phi) is 4.95. The first kappa shape index (κ1) is 14.0. The van der Waals surface area contributed by atoms with Crippen molar-refractivity contribution in [2.75, 3.05) is 39.3 Å². The lowest BCUT2D eigenvalue weighted by molar-refractivity contribution is 0.0658. The van der Waals surface area contributed by atoms with Crippen molar-refractivity contribution in [1.29, 1.82) is 0 Å². The van der Waals surface area contributed by atoms with Crippen LogP contribution in [0.3, 0.4) is 0 Å². The van der Waals surface area contributed by atoms with Crippen molar-refractivity contribution in [1.82, 2.24) is 9.80 Å². The first-order valence-corrected chi connectivity index (χ1v) is 6.56. The second-order valence-corrected chi connectivity index (χ2v) is 4.77. The van der Waals surface area contributed by atoms with Crippen molar-refractivity contribution >= 4 is 5.97 Å². The van der Waals surface area contributed by atoms with Gasteiger partial charge in [-0.2, -0.15) is 0 Å². The van der Waals surface area contributed by atoms with Crippen LogP contribution in [0.25, 0.3) is 0 Å². The topological polar surface area (TPSA) is 77.2 Å². The van der Waals surface area contributed by atoms with Crippen LogP contribution < -0.4 is 0 Å². The van der Waals surface area contributed by atoms with E-state index in [0.29, 0.717) is 12.3 Å². The van der Waals surface area contributed by atoms with Gasteiger partial charge in [-0.15, -0.1) is 0 Å². The molecule has 0 atom stereocenters. The molecule has 1 aromatic heterocycles. The van der Waals surface area contributed by atoms with Crippen molar-refractivity contribution in [2.45, 2.75) is 13.0 Å². The van der Waals surface area contributed by atoms with Crippen molar-refractivity contribution in [3.05, 3.63) is 23.7 Å². The summed E-state index contributed by atoms with van der Waals surface area (Å²) in [5, 5.41) is 17.7. The summed E-state index contributed by atoms with van der Waals surface area (Å²) < 4.78 is 5.27. The minimum Gasteiger partial charge on any atom is -0.475 e. The van der Waals surface area contributed by atoms with Gasteiger partial charge >= 0.3 is 5.97 Å². The van der Waals surface area contributed by atoms with E-state index in [1.54, 1.807) is 6.07 Å². The molecule has 0 bridgehead atoms. The summed E-state index contributed by atoms with van der Waals surface area (Å²) >= 11 is 0. The zero-order valence-electron chi connectivity index (χ0n) is 10.9. The van der Waals surface area contributed by atoms with Gasteiger partial charge in [0.1, 0.15) is 5.76 Å². The number of hydrogen-bond acceptors (Lipinski definition) is 5. The van der Waals surface area contributed by atoms with Crippen LogP contribution >= 0.6 is 0 Å². The first-order valence-electron chi connectivity index (χ1n) is 6.56. The van der Waals surface area contributed by atoms with Gasteiger partial charge in [0.25, 0.3) is 0 Å². The normalized spacial score (nSPS) is 18.4. The number of aliphatic hydroxyl groups excluding tert-OH is 1. The zero-order chi connectivity index (χ0) is 13.7. The SMILES string of the molecule is O=C(O)c1ccc(CN2CCCN(CCO)CC2)o1. The third-order valence-electron chi connectivity index (χ3n) is 3.35. The fourth-order valence-electron chi connectivity index (χ4n) is 2.35. The molecule has 6 heteroatoms. The zero-order valence-corrected chi connectivity index (χ0v) is 10.9. The Hall–Kier alpha value is -1.37. The second kappa shape index (κ2) is 6.70. The van der Waals surface area contributed by atoms with Crippen LogP contribution in [0.1, 0.15) is 22.7 Å². The number of furan rings is 1. The number of carboxylic acids is 1. The van der Waals surface area contributed by atoms with E-state index < -0.39 is 5.97 Å². The number of hydrogen-bond donors (Lipinski definition) is 2. The molecule has 0 amide bonds. The average Bonchev–Trinajstić information content (AvgIpc) is 2.73. The summed E-state index contributed by atoms with van der Waals surface area (Å²) in [6.07, 6.45) is 1.05. The van der Waals surface area contributed by atoms with Gasteiger partial charge < -0.3 is 14.6 Å². The van der Waals surface area contributed by atoms with Gasteiger partial charge in [-0.1, -0.05) is 0 Å². The van der Waals surface area contributed by atoms with Gasteiger partial charge in [-0.05, 0) is 31.6 Å². The monoisotopic (exact) mass is 268 g/mol. The predicted molar refractivity (Wildman–Crippen MR) is 69.1 cm³/mol. The number of β-amino-alcohol motifs (C(OH)–C–C–N with tert-alkyl or cyclic N) is 1. The lowest BCUT2D eigenvalue weighted by atomic mass is 10.3. The summed E-state index contributed by atoms with van der Waals surface area (Å²) in [4.78, 5) is 15.2. The first-order chi connectivity index (χ1) is 9.19. The molecule has 0 unspecified atom stereocenters. The Morgan fingerprint density at radius 1 is 1.21 bits per heavy atom. The maximum absolute atomic E-state index is 10.7. The van der Waals surface area contributed by atoms with Crippen LogP contribution in [0.5, 0.6) is 0 Å². The average molecular weight is 268 g/mol. The number of carbonyl (C=O) groups is 1. The molecule has 0 aliphatic carbocycles. The predicted octanol–water partition coefficient (Wildman–Crippen LogP) is 0.478. The van der Waals surface area contributed by atoms with Crippen LogP contribution in [0.15, 0.2) is 16.5 Å². The molecule has 6 nitrogen and oxygen atoms in total. The van der Waals surface area contributed by atoms with E-state index in [2.05, 4.69) is 9.80 Å². The van der Waals surface area contributed by atoms with Crippen molar-refractivity contribution in [3.8, 4) is 0 Å². The number of carboxylic acid groups (broad SMARTS) is 1. The molecular weight excluding hydrogens is 248 g/mol. The van der Waals surface area contributed by atoms with Gasteiger partial charge in [-0.3, -0.25) is 9.80 Å². The Morgan fingerprint density at radius 3 is 2.63 bits per heavy atom. The Balaban J connectivity index is 1.86. The maximum atomic E-state index is 10.7. The van der Waals surface area contributed by atoms with Crippen LogP contribution in [0.2, 0.25) is 0 Å². The fourth-order valence-corrected chi connectivity index (χ4v) is 2.35. The molecule has 2 rings (SSSR count). The lowest BCUT2D eigenvalue weighted by Gasteiger charge is -2.20. The Bertz CT molecular complexity index is 419. The largest absolute Gasteiger partial charge is 0.475 e. The molecule has 2 heterocycles. The molecule has 1 aliphatic heterocycles. The summed E-state index contributed by atoms with van der Waals surface area (Å²) in [6.45, 7) is 5.34. The van der Waals surface area contributed by atoms with Gasteiger partial charge in [-0.25, -0.2) is 4.79 Å². The van der Waals surface area contributed by atoms with Crippen molar-refractivity contribution in [2.24, 2.45) is 0 Å². The highest BCUT2D eigenvalue weighted by Crippen LogP contribution is 2.12. The number of rotatable bonds is 5. The van der Waals surface area contributed by atoms with Crippen LogP contribution in [-0.4, -0.2) is 65.3 Å². The van der Waals surface area contributed by atoms with Crippen LogP contribution in [0, 0.1) is 0 Å². The van der Waals surface area contributed by atoms with E-state index in [-0.39, 0.29) is 12.4 Å². The highest BCUT2D eigenvalue weighted by atomic mass is 16.4. The Morgan fingerprint density at radius 2 is 1.95 bits per heavy atom. The molecule has 1 aliphatic rings. The maximum Gasteiger partial charge on any atom is 0.371 e. The number of aliphatic hydroxyl groups is 1. The molecule has 0 radical (unpaired) electrons. The van der Waals surface area contributed by atoms with Gasteiger partial charge in [0, 0.05) is 19.6 Å². The van der Waals surface area contributed by atoms with Crippen molar-refractivity contribution < 1.29 is 19.4 Å². The quantitative estimate of drug-likeness (QED) is 0.808. The van der Waals surface area contributed by atoms with E-state index in [4.69, 9.17) is 14.6 Å². The molecule has 1 fully saturated rings. The molecule has 1 aromatic rings. The molecular formula is C13H20N2O4.